The molecule has 3 rings (SSSR count). The van der Waals surface area contributed by atoms with Crippen molar-refractivity contribution >= 4 is 29.1 Å². The molecular formula is C19H26Cl2N2O4. The minimum absolute atomic E-state index is 0.0699. The molecule has 2 fully saturated rings. The highest BCUT2D eigenvalue weighted by Gasteiger charge is 2.24. The number of aliphatic hydroxyl groups is 1. The fourth-order valence-electron chi connectivity index (χ4n) is 3.46. The minimum atomic E-state index is -0.541. The van der Waals surface area contributed by atoms with Crippen LogP contribution < -0.4 is 0 Å². The van der Waals surface area contributed by atoms with E-state index in [1.807, 2.05) is 0 Å². The monoisotopic (exact) mass is 416 g/mol. The molecule has 6 nitrogen and oxygen atoms in total. The Morgan fingerprint density at radius 3 is 2.56 bits per heavy atom. The summed E-state index contributed by atoms with van der Waals surface area (Å²) in [6.07, 6.45) is 1.75. The molecule has 0 spiro atoms. The summed E-state index contributed by atoms with van der Waals surface area (Å²) in [4.78, 5) is 16.5. The normalized spacial score (nSPS) is 22.2. The second kappa shape index (κ2) is 10.0. The second-order valence-electron chi connectivity index (χ2n) is 7.08. The highest BCUT2D eigenvalue weighted by Crippen LogP contribution is 2.20. The Bertz CT molecular complexity index is 612. The number of carbonyl (C=O) groups is 1. The quantitative estimate of drug-likeness (QED) is 0.738. The van der Waals surface area contributed by atoms with Crippen LogP contribution in [0.3, 0.4) is 0 Å². The molecule has 0 saturated carbocycles. The fourth-order valence-corrected chi connectivity index (χ4v) is 3.98. The molecule has 0 bridgehead atoms. The number of β-amino-alcohol motifs (C(OH)–C–C–N with tert-alkyl or cyclic N) is 1. The minimum Gasteiger partial charge on any atom is -0.389 e. The van der Waals surface area contributed by atoms with Gasteiger partial charge < -0.3 is 19.5 Å². The average Bonchev–Trinajstić information content (AvgIpc) is 3.14. The Labute approximate surface area is 169 Å². The Morgan fingerprint density at radius 2 is 1.93 bits per heavy atom. The van der Waals surface area contributed by atoms with E-state index in [1.54, 1.807) is 23.1 Å². The number of hydrogen-bond donors (Lipinski definition) is 1. The third-order valence-corrected chi connectivity index (χ3v) is 5.31. The van der Waals surface area contributed by atoms with Crippen molar-refractivity contribution in [2.75, 3.05) is 52.5 Å². The number of rotatable bonds is 7. The number of aliphatic hydroxyl groups excluding tert-OH is 1. The summed E-state index contributed by atoms with van der Waals surface area (Å²) in [6.45, 7) is 4.82. The van der Waals surface area contributed by atoms with E-state index in [9.17, 15) is 9.90 Å². The van der Waals surface area contributed by atoms with Gasteiger partial charge >= 0.3 is 0 Å². The second-order valence-corrected chi connectivity index (χ2v) is 7.95. The van der Waals surface area contributed by atoms with Gasteiger partial charge in [-0.05, 0) is 31.0 Å². The summed E-state index contributed by atoms with van der Waals surface area (Å²) < 4.78 is 11.1. The summed E-state index contributed by atoms with van der Waals surface area (Å²) in [6, 6.07) is 4.88. The maximum atomic E-state index is 12.6. The highest BCUT2D eigenvalue weighted by molar-refractivity contribution is 6.35. The summed E-state index contributed by atoms with van der Waals surface area (Å²) >= 11 is 12.0. The van der Waals surface area contributed by atoms with Gasteiger partial charge in [-0.3, -0.25) is 9.69 Å². The van der Waals surface area contributed by atoms with E-state index in [1.165, 1.54) is 0 Å². The number of halogens is 2. The van der Waals surface area contributed by atoms with Crippen molar-refractivity contribution in [1.82, 2.24) is 9.80 Å². The first-order valence-corrected chi connectivity index (χ1v) is 10.1. The van der Waals surface area contributed by atoms with E-state index in [0.717, 1.165) is 19.4 Å². The standard InChI is InChI=1S/C19H26Cl2N2O4/c20-15-8-14(9-16(21)10-15)19(25)23-5-3-22(4-6-23)11-17(24)12-26-13-18-2-1-7-27-18/h8-10,17-18,24H,1-7,11-13H2. The Morgan fingerprint density at radius 1 is 1.22 bits per heavy atom. The van der Waals surface area contributed by atoms with Crippen LogP contribution in [0.4, 0.5) is 0 Å². The van der Waals surface area contributed by atoms with Crippen LogP contribution in [0.25, 0.3) is 0 Å². The molecule has 8 heteroatoms. The predicted molar refractivity (Wildman–Crippen MR) is 105 cm³/mol. The van der Waals surface area contributed by atoms with Gasteiger partial charge in [0.1, 0.15) is 0 Å². The number of ether oxygens (including phenoxy) is 2. The van der Waals surface area contributed by atoms with Crippen molar-refractivity contribution in [3.63, 3.8) is 0 Å². The lowest BCUT2D eigenvalue weighted by Crippen LogP contribution is -2.50. The van der Waals surface area contributed by atoms with E-state index in [0.29, 0.717) is 61.5 Å². The molecule has 1 N–H and O–H groups in total. The first kappa shape index (κ1) is 20.8. The molecule has 0 aromatic heterocycles. The summed E-state index contributed by atoms with van der Waals surface area (Å²) in [5, 5.41) is 11.1. The maximum Gasteiger partial charge on any atom is 0.254 e. The summed E-state index contributed by atoms with van der Waals surface area (Å²) in [7, 11) is 0. The van der Waals surface area contributed by atoms with Gasteiger partial charge in [-0.15, -0.1) is 0 Å². The van der Waals surface area contributed by atoms with E-state index in [4.69, 9.17) is 32.7 Å². The van der Waals surface area contributed by atoms with E-state index < -0.39 is 6.10 Å². The first-order chi connectivity index (χ1) is 13.0. The van der Waals surface area contributed by atoms with Crippen LogP contribution in [0.1, 0.15) is 23.2 Å². The number of hydrogen-bond acceptors (Lipinski definition) is 5. The number of amides is 1. The number of carbonyl (C=O) groups excluding carboxylic acids is 1. The zero-order valence-corrected chi connectivity index (χ0v) is 16.8. The van der Waals surface area contributed by atoms with Crippen molar-refractivity contribution in [3.8, 4) is 0 Å². The fraction of sp³-hybridized carbons (Fsp3) is 0.632. The molecule has 1 aromatic rings. The van der Waals surface area contributed by atoms with Gasteiger partial charge in [0.15, 0.2) is 0 Å². The van der Waals surface area contributed by atoms with Gasteiger partial charge in [0, 0.05) is 54.9 Å². The number of piperazine rings is 1. The molecule has 2 heterocycles. The molecule has 2 unspecified atom stereocenters. The van der Waals surface area contributed by atoms with Crippen LogP contribution in [0, 0.1) is 0 Å². The molecular weight excluding hydrogens is 391 g/mol. The predicted octanol–water partition coefficient (Wildman–Crippen LogP) is 2.31. The average molecular weight is 417 g/mol. The molecule has 0 aliphatic carbocycles. The topological polar surface area (TPSA) is 62.2 Å². The van der Waals surface area contributed by atoms with Crippen molar-refractivity contribution in [1.29, 1.82) is 0 Å². The van der Waals surface area contributed by atoms with Crippen molar-refractivity contribution in [2.45, 2.75) is 25.0 Å². The van der Waals surface area contributed by atoms with Crippen LogP contribution in [0.5, 0.6) is 0 Å². The van der Waals surface area contributed by atoms with Gasteiger partial charge in [-0.25, -0.2) is 0 Å². The summed E-state index contributed by atoms with van der Waals surface area (Å²) in [5.41, 5.74) is 0.503. The maximum absolute atomic E-state index is 12.6. The summed E-state index contributed by atoms with van der Waals surface area (Å²) in [5.74, 6) is -0.0699. The van der Waals surface area contributed by atoms with Crippen LogP contribution in [-0.4, -0.2) is 85.6 Å². The molecule has 1 amide bonds. The van der Waals surface area contributed by atoms with Crippen LogP contribution in [-0.2, 0) is 9.47 Å². The molecule has 1 aromatic carbocycles. The molecule has 2 atom stereocenters. The highest BCUT2D eigenvalue weighted by atomic mass is 35.5. The Hall–Kier alpha value is -0.890. The Kier molecular flexibility index (Phi) is 7.75. The molecule has 2 aliphatic heterocycles. The lowest BCUT2D eigenvalue weighted by atomic mass is 10.1. The number of benzene rings is 1. The SMILES string of the molecule is O=C(c1cc(Cl)cc(Cl)c1)N1CCN(CC(O)COCC2CCCO2)CC1. The Balaban J connectivity index is 1.38. The zero-order valence-electron chi connectivity index (χ0n) is 15.3. The van der Waals surface area contributed by atoms with Gasteiger partial charge in [0.05, 0.1) is 25.4 Å². The first-order valence-electron chi connectivity index (χ1n) is 9.36. The molecule has 2 aliphatic rings. The molecule has 150 valence electrons. The van der Waals surface area contributed by atoms with Crippen molar-refractivity contribution in [3.05, 3.63) is 33.8 Å². The lowest BCUT2D eigenvalue weighted by Gasteiger charge is -2.35. The third kappa shape index (κ3) is 6.31. The lowest BCUT2D eigenvalue weighted by molar-refractivity contribution is -0.0279. The zero-order chi connectivity index (χ0) is 19.2. The van der Waals surface area contributed by atoms with E-state index in [-0.39, 0.29) is 12.0 Å². The van der Waals surface area contributed by atoms with Crippen LogP contribution >= 0.6 is 23.2 Å². The van der Waals surface area contributed by atoms with Gasteiger partial charge in [0.25, 0.3) is 5.91 Å². The van der Waals surface area contributed by atoms with Crippen LogP contribution in [0.15, 0.2) is 18.2 Å². The largest absolute Gasteiger partial charge is 0.389 e. The molecule has 27 heavy (non-hydrogen) atoms. The van der Waals surface area contributed by atoms with Crippen molar-refractivity contribution < 1.29 is 19.4 Å². The third-order valence-electron chi connectivity index (χ3n) is 4.88. The smallest absolute Gasteiger partial charge is 0.254 e. The van der Waals surface area contributed by atoms with Gasteiger partial charge in [-0.1, -0.05) is 23.2 Å². The van der Waals surface area contributed by atoms with E-state index in [2.05, 4.69) is 4.90 Å². The van der Waals surface area contributed by atoms with Gasteiger partial charge in [0.2, 0.25) is 0 Å². The molecule has 2 saturated heterocycles. The van der Waals surface area contributed by atoms with Gasteiger partial charge in [-0.2, -0.15) is 0 Å². The van der Waals surface area contributed by atoms with E-state index >= 15 is 0 Å². The van der Waals surface area contributed by atoms with Crippen LogP contribution in [0.2, 0.25) is 10.0 Å². The molecule has 0 radical (unpaired) electrons. The number of nitrogens with zero attached hydrogens (tertiary/aromatic N) is 2. The van der Waals surface area contributed by atoms with Crippen molar-refractivity contribution in [2.24, 2.45) is 0 Å².